The zero-order valence-electron chi connectivity index (χ0n) is 4.74. The highest BCUT2D eigenvalue weighted by molar-refractivity contribution is 5.94. The zero-order chi connectivity index (χ0) is 6.85. The highest BCUT2D eigenvalue weighted by Gasteiger charge is 2.24. The van der Waals surface area contributed by atoms with Gasteiger partial charge >= 0.3 is 0 Å². The minimum atomic E-state index is -1.23. The largest absolute Gasteiger partial charge is 0.390 e. The molecule has 0 fully saturated rings. The average Bonchev–Trinajstić information content (AvgIpc) is 1.83. The molecular weight excluding hydrogens is 120 g/mol. The lowest BCUT2D eigenvalue weighted by molar-refractivity contribution is -0.128. The second kappa shape index (κ2) is 2.29. The molecule has 3 heteroatoms. The maximum atomic E-state index is 10.5. The van der Waals surface area contributed by atoms with Crippen LogP contribution in [0.4, 0.5) is 0 Å². The first-order chi connectivity index (χ1) is 4.22. The SMILES string of the molecule is O=C1C=[C]CC(O)C1O. The Balaban J connectivity index is 2.69. The fraction of sp³-hybridized carbons (Fsp3) is 0.500. The molecule has 0 bridgehead atoms. The van der Waals surface area contributed by atoms with Crippen LogP contribution in [-0.4, -0.2) is 28.2 Å². The van der Waals surface area contributed by atoms with E-state index in [4.69, 9.17) is 10.2 Å². The molecule has 0 aromatic rings. The normalized spacial score (nSPS) is 35.1. The maximum Gasteiger partial charge on any atom is 0.187 e. The lowest BCUT2D eigenvalue weighted by Gasteiger charge is -2.15. The first-order valence-corrected chi connectivity index (χ1v) is 2.68. The van der Waals surface area contributed by atoms with Gasteiger partial charge in [-0.25, -0.2) is 0 Å². The Hall–Kier alpha value is -0.670. The van der Waals surface area contributed by atoms with E-state index in [9.17, 15) is 4.79 Å². The lowest BCUT2D eigenvalue weighted by Crippen LogP contribution is -2.34. The molecule has 1 rings (SSSR count). The van der Waals surface area contributed by atoms with Crippen LogP contribution < -0.4 is 0 Å². The van der Waals surface area contributed by atoms with Crippen LogP contribution in [0.3, 0.4) is 0 Å². The van der Waals surface area contributed by atoms with Gasteiger partial charge in [-0.3, -0.25) is 4.79 Å². The summed E-state index contributed by atoms with van der Waals surface area (Å²) in [6, 6.07) is 0. The van der Waals surface area contributed by atoms with Crippen LogP contribution in [-0.2, 0) is 4.79 Å². The summed E-state index contributed by atoms with van der Waals surface area (Å²) in [6.45, 7) is 0. The third-order valence-corrected chi connectivity index (χ3v) is 1.23. The predicted octanol–water partition coefficient (Wildman–Crippen LogP) is -0.960. The van der Waals surface area contributed by atoms with Gasteiger partial charge in [0.05, 0.1) is 6.10 Å². The fourth-order valence-corrected chi connectivity index (χ4v) is 0.667. The smallest absolute Gasteiger partial charge is 0.187 e. The third kappa shape index (κ3) is 1.17. The van der Waals surface area contributed by atoms with E-state index in [0.29, 0.717) is 0 Å². The molecule has 2 N–H and O–H groups in total. The molecule has 0 saturated heterocycles. The van der Waals surface area contributed by atoms with Crippen molar-refractivity contribution in [2.24, 2.45) is 0 Å². The Morgan fingerprint density at radius 3 is 2.78 bits per heavy atom. The van der Waals surface area contributed by atoms with E-state index in [1.165, 1.54) is 0 Å². The molecule has 0 heterocycles. The summed E-state index contributed by atoms with van der Waals surface area (Å²) in [5.41, 5.74) is 0. The number of carbonyl (C=O) groups excluding carboxylic acids is 1. The van der Waals surface area contributed by atoms with E-state index in [0.717, 1.165) is 6.08 Å². The van der Waals surface area contributed by atoms with E-state index in [1.54, 1.807) is 0 Å². The van der Waals surface area contributed by atoms with Gasteiger partial charge < -0.3 is 10.2 Å². The monoisotopic (exact) mass is 127 g/mol. The van der Waals surface area contributed by atoms with Gasteiger partial charge in [0.1, 0.15) is 6.10 Å². The Labute approximate surface area is 52.6 Å². The highest BCUT2D eigenvalue weighted by atomic mass is 16.3. The topological polar surface area (TPSA) is 57.5 Å². The van der Waals surface area contributed by atoms with Crippen molar-refractivity contribution in [3.8, 4) is 0 Å². The third-order valence-electron chi connectivity index (χ3n) is 1.23. The first-order valence-electron chi connectivity index (χ1n) is 2.68. The fourth-order valence-electron chi connectivity index (χ4n) is 0.667. The second-order valence-corrected chi connectivity index (χ2v) is 1.97. The van der Waals surface area contributed by atoms with Crippen molar-refractivity contribution in [2.75, 3.05) is 0 Å². The van der Waals surface area contributed by atoms with Gasteiger partial charge in [-0.15, -0.1) is 0 Å². The molecule has 0 spiro atoms. The second-order valence-electron chi connectivity index (χ2n) is 1.97. The molecular formula is C6H7O3. The van der Waals surface area contributed by atoms with E-state index >= 15 is 0 Å². The molecule has 9 heavy (non-hydrogen) atoms. The van der Waals surface area contributed by atoms with Crippen LogP contribution in [0.1, 0.15) is 6.42 Å². The molecule has 49 valence electrons. The van der Waals surface area contributed by atoms with Crippen molar-refractivity contribution >= 4 is 5.78 Å². The summed E-state index contributed by atoms with van der Waals surface area (Å²) >= 11 is 0. The quantitative estimate of drug-likeness (QED) is 0.440. The van der Waals surface area contributed by atoms with E-state index < -0.39 is 18.0 Å². The minimum Gasteiger partial charge on any atom is -0.390 e. The van der Waals surface area contributed by atoms with Crippen molar-refractivity contribution in [2.45, 2.75) is 18.6 Å². The lowest BCUT2D eigenvalue weighted by atomic mass is 10.0. The van der Waals surface area contributed by atoms with Gasteiger partial charge in [-0.1, -0.05) is 0 Å². The summed E-state index contributed by atoms with van der Waals surface area (Å²) in [5, 5.41) is 17.6. The van der Waals surface area contributed by atoms with Crippen LogP contribution in [0.25, 0.3) is 0 Å². The summed E-state index contributed by atoms with van der Waals surface area (Å²) < 4.78 is 0. The van der Waals surface area contributed by atoms with Gasteiger partial charge in [-0.05, 0) is 12.2 Å². The van der Waals surface area contributed by atoms with Crippen LogP contribution >= 0.6 is 0 Å². The van der Waals surface area contributed by atoms with E-state index in [2.05, 4.69) is 6.08 Å². The average molecular weight is 127 g/mol. The number of carbonyl (C=O) groups is 1. The molecule has 0 aromatic heterocycles. The number of rotatable bonds is 0. The van der Waals surface area contributed by atoms with Crippen molar-refractivity contribution in [3.05, 3.63) is 12.2 Å². The van der Waals surface area contributed by atoms with Gasteiger partial charge in [0.2, 0.25) is 0 Å². The highest BCUT2D eigenvalue weighted by Crippen LogP contribution is 2.06. The molecule has 0 aromatic carbocycles. The van der Waals surface area contributed by atoms with Crippen LogP contribution in [0, 0.1) is 6.08 Å². The van der Waals surface area contributed by atoms with Crippen molar-refractivity contribution in [1.82, 2.24) is 0 Å². The Morgan fingerprint density at radius 1 is 1.67 bits per heavy atom. The number of hydrogen-bond acceptors (Lipinski definition) is 3. The molecule has 0 saturated carbocycles. The number of hydrogen-bond donors (Lipinski definition) is 2. The number of aliphatic hydroxyl groups is 2. The Bertz CT molecular complexity index is 150. The van der Waals surface area contributed by atoms with E-state index in [1.807, 2.05) is 0 Å². The standard InChI is InChI=1S/C6H7O3/c7-4-2-1-3-5(8)6(4)9/h2,5-6,8-9H,3H2. The molecule has 3 nitrogen and oxygen atoms in total. The van der Waals surface area contributed by atoms with Gasteiger partial charge in [0.25, 0.3) is 0 Å². The first kappa shape index (κ1) is 6.45. The summed E-state index contributed by atoms with van der Waals surface area (Å²) in [5.74, 6) is -0.464. The number of ketones is 1. The zero-order valence-corrected chi connectivity index (χ0v) is 4.74. The molecule has 0 amide bonds. The molecule has 1 aliphatic rings. The van der Waals surface area contributed by atoms with Gasteiger partial charge in [-0.2, -0.15) is 0 Å². The summed E-state index contributed by atoms with van der Waals surface area (Å²) in [4.78, 5) is 10.5. The summed E-state index contributed by atoms with van der Waals surface area (Å²) in [7, 11) is 0. The van der Waals surface area contributed by atoms with Gasteiger partial charge in [0, 0.05) is 6.42 Å². The van der Waals surface area contributed by atoms with Crippen molar-refractivity contribution in [3.63, 3.8) is 0 Å². The molecule has 0 aliphatic heterocycles. The van der Waals surface area contributed by atoms with Crippen LogP contribution in [0.15, 0.2) is 6.08 Å². The molecule has 2 unspecified atom stereocenters. The van der Waals surface area contributed by atoms with Gasteiger partial charge in [0.15, 0.2) is 5.78 Å². The van der Waals surface area contributed by atoms with Crippen LogP contribution in [0.2, 0.25) is 0 Å². The Morgan fingerprint density at radius 2 is 2.33 bits per heavy atom. The van der Waals surface area contributed by atoms with Crippen molar-refractivity contribution < 1.29 is 15.0 Å². The molecule has 1 radical (unpaired) electrons. The number of aliphatic hydroxyl groups excluding tert-OH is 2. The molecule has 2 atom stereocenters. The minimum absolute atomic E-state index is 0.243. The Kier molecular flexibility index (Phi) is 1.64. The predicted molar refractivity (Wildman–Crippen MR) is 29.5 cm³/mol. The van der Waals surface area contributed by atoms with E-state index in [-0.39, 0.29) is 6.42 Å². The maximum absolute atomic E-state index is 10.5. The van der Waals surface area contributed by atoms with Crippen LogP contribution in [0.5, 0.6) is 0 Å². The van der Waals surface area contributed by atoms with Crippen molar-refractivity contribution in [1.29, 1.82) is 0 Å². The molecule has 1 aliphatic carbocycles. The summed E-state index contributed by atoms with van der Waals surface area (Å²) in [6.07, 6.45) is 1.75.